The van der Waals surface area contributed by atoms with Gasteiger partial charge in [0.1, 0.15) is 6.10 Å². The third-order valence-corrected chi connectivity index (χ3v) is 4.42. The fraction of sp³-hybridized carbons (Fsp3) is 0.562. The zero-order valence-corrected chi connectivity index (χ0v) is 12.3. The first-order valence-corrected chi connectivity index (χ1v) is 7.44. The topological polar surface area (TPSA) is 29.5 Å². The molecule has 0 N–H and O–H groups in total. The molecule has 1 aliphatic carbocycles. The zero-order valence-electron chi connectivity index (χ0n) is 12.3. The minimum atomic E-state index is -4.42. The van der Waals surface area contributed by atoms with Crippen LogP contribution in [0.3, 0.4) is 0 Å². The van der Waals surface area contributed by atoms with E-state index in [4.69, 9.17) is 4.74 Å². The van der Waals surface area contributed by atoms with Gasteiger partial charge in [-0.1, -0.05) is 25.1 Å². The Morgan fingerprint density at radius 1 is 1.32 bits per heavy atom. The third-order valence-electron chi connectivity index (χ3n) is 4.42. The average molecular weight is 313 g/mol. The Morgan fingerprint density at radius 2 is 2.00 bits per heavy atom. The molecule has 1 aromatic carbocycles. The number of alkyl halides is 3. The SMILES string of the molecule is C[C@@H]1C[C@H]1C(=O)N1CCO[C@H](c2ccccc2C(F)(F)F)C1. The van der Waals surface area contributed by atoms with Crippen molar-refractivity contribution in [3.05, 3.63) is 35.4 Å². The van der Waals surface area contributed by atoms with E-state index in [-0.39, 0.29) is 30.5 Å². The van der Waals surface area contributed by atoms with Crippen LogP contribution in [0.2, 0.25) is 0 Å². The average Bonchev–Trinajstić information content (AvgIpc) is 3.23. The Bertz CT molecular complexity index is 573. The molecule has 1 heterocycles. The minimum Gasteiger partial charge on any atom is -0.370 e. The number of nitrogens with zero attached hydrogens (tertiary/aromatic N) is 1. The van der Waals surface area contributed by atoms with Crippen molar-refractivity contribution in [2.75, 3.05) is 19.7 Å². The monoisotopic (exact) mass is 313 g/mol. The quantitative estimate of drug-likeness (QED) is 0.839. The van der Waals surface area contributed by atoms with E-state index in [9.17, 15) is 18.0 Å². The van der Waals surface area contributed by atoms with Crippen LogP contribution in [-0.2, 0) is 15.7 Å². The van der Waals surface area contributed by atoms with Crippen molar-refractivity contribution in [2.45, 2.75) is 25.6 Å². The van der Waals surface area contributed by atoms with Crippen molar-refractivity contribution < 1.29 is 22.7 Å². The molecule has 2 fully saturated rings. The summed E-state index contributed by atoms with van der Waals surface area (Å²) in [6.07, 6.45) is -4.26. The molecule has 1 saturated heterocycles. The molecule has 22 heavy (non-hydrogen) atoms. The molecule has 0 spiro atoms. The largest absolute Gasteiger partial charge is 0.416 e. The molecule has 3 rings (SSSR count). The Labute approximate surface area is 127 Å². The van der Waals surface area contributed by atoms with Crippen molar-refractivity contribution in [1.29, 1.82) is 0 Å². The summed E-state index contributed by atoms with van der Waals surface area (Å²) in [5, 5.41) is 0. The van der Waals surface area contributed by atoms with E-state index in [2.05, 4.69) is 0 Å². The van der Waals surface area contributed by atoms with Crippen LogP contribution >= 0.6 is 0 Å². The highest BCUT2D eigenvalue weighted by Gasteiger charge is 2.43. The normalized spacial score (nSPS) is 28.5. The molecule has 1 saturated carbocycles. The lowest BCUT2D eigenvalue weighted by Gasteiger charge is -2.34. The standard InChI is InChI=1S/C16H18F3NO2/c1-10-8-12(10)15(21)20-6-7-22-14(9-20)11-4-2-3-5-13(11)16(17,18)19/h2-5,10,12,14H,6-9H2,1H3/t10-,12-,14+/m1/s1. The van der Waals surface area contributed by atoms with Crippen LogP contribution in [-0.4, -0.2) is 30.5 Å². The van der Waals surface area contributed by atoms with E-state index in [0.29, 0.717) is 12.5 Å². The number of amides is 1. The zero-order chi connectivity index (χ0) is 15.9. The molecule has 0 radical (unpaired) electrons. The number of benzene rings is 1. The van der Waals surface area contributed by atoms with Crippen LogP contribution in [0.1, 0.15) is 30.6 Å². The van der Waals surface area contributed by atoms with Crippen LogP contribution in [0.25, 0.3) is 0 Å². The fourth-order valence-corrected chi connectivity index (χ4v) is 2.97. The Kier molecular flexibility index (Phi) is 3.89. The number of ether oxygens (including phenoxy) is 1. The molecule has 0 bridgehead atoms. The first kappa shape index (κ1) is 15.3. The molecular formula is C16H18F3NO2. The van der Waals surface area contributed by atoms with Gasteiger partial charge in [0, 0.05) is 12.5 Å². The van der Waals surface area contributed by atoms with Crippen LogP contribution in [0, 0.1) is 11.8 Å². The van der Waals surface area contributed by atoms with E-state index in [1.54, 1.807) is 11.0 Å². The summed E-state index contributed by atoms with van der Waals surface area (Å²) in [6.45, 7) is 2.92. The highest BCUT2D eigenvalue weighted by molar-refractivity contribution is 5.81. The van der Waals surface area contributed by atoms with Gasteiger partial charge >= 0.3 is 6.18 Å². The lowest BCUT2D eigenvalue weighted by Crippen LogP contribution is -2.43. The van der Waals surface area contributed by atoms with Gasteiger partial charge < -0.3 is 9.64 Å². The Morgan fingerprint density at radius 3 is 2.64 bits per heavy atom. The van der Waals surface area contributed by atoms with Crippen molar-refractivity contribution in [1.82, 2.24) is 4.90 Å². The predicted octanol–water partition coefficient (Wildman–Crippen LogP) is 3.26. The maximum Gasteiger partial charge on any atom is 0.416 e. The van der Waals surface area contributed by atoms with Crippen LogP contribution < -0.4 is 0 Å². The second kappa shape index (κ2) is 5.57. The van der Waals surface area contributed by atoms with Gasteiger partial charge in [-0.2, -0.15) is 13.2 Å². The number of halogens is 3. The van der Waals surface area contributed by atoms with Gasteiger partial charge in [0.2, 0.25) is 5.91 Å². The van der Waals surface area contributed by atoms with Gasteiger partial charge in [0.15, 0.2) is 0 Å². The van der Waals surface area contributed by atoms with Crippen molar-refractivity contribution >= 4 is 5.91 Å². The number of morpholine rings is 1. The summed E-state index contributed by atoms with van der Waals surface area (Å²) >= 11 is 0. The lowest BCUT2D eigenvalue weighted by molar-refractivity contribution is -0.144. The molecule has 0 aromatic heterocycles. The molecule has 3 atom stereocenters. The van der Waals surface area contributed by atoms with Crippen molar-refractivity contribution in [3.63, 3.8) is 0 Å². The molecule has 1 amide bonds. The first-order valence-electron chi connectivity index (χ1n) is 7.44. The summed E-state index contributed by atoms with van der Waals surface area (Å²) < 4.78 is 44.9. The summed E-state index contributed by atoms with van der Waals surface area (Å²) in [6, 6.07) is 5.42. The number of rotatable bonds is 2. The van der Waals surface area contributed by atoms with E-state index >= 15 is 0 Å². The first-order chi connectivity index (χ1) is 10.4. The summed E-state index contributed by atoms with van der Waals surface area (Å²) in [5.74, 6) is 0.471. The number of hydrogen-bond donors (Lipinski definition) is 0. The maximum atomic E-state index is 13.1. The lowest BCUT2D eigenvalue weighted by atomic mass is 10.0. The fourth-order valence-electron chi connectivity index (χ4n) is 2.97. The molecule has 3 nitrogen and oxygen atoms in total. The van der Waals surface area contributed by atoms with Crippen molar-refractivity contribution in [2.24, 2.45) is 11.8 Å². The Balaban J connectivity index is 1.79. The van der Waals surface area contributed by atoms with Crippen LogP contribution in [0.15, 0.2) is 24.3 Å². The third kappa shape index (κ3) is 2.97. The van der Waals surface area contributed by atoms with Crippen LogP contribution in [0.5, 0.6) is 0 Å². The van der Waals surface area contributed by atoms with E-state index < -0.39 is 17.8 Å². The summed E-state index contributed by atoms with van der Waals surface area (Å²) in [5.41, 5.74) is -0.578. The van der Waals surface area contributed by atoms with Gasteiger partial charge in [-0.25, -0.2) is 0 Å². The molecule has 0 unspecified atom stereocenters. The van der Waals surface area contributed by atoms with Crippen molar-refractivity contribution in [3.8, 4) is 0 Å². The van der Waals surface area contributed by atoms with Gasteiger partial charge in [-0.3, -0.25) is 4.79 Å². The molecule has 1 aliphatic heterocycles. The molecule has 2 aliphatic rings. The second-order valence-corrected chi connectivity index (χ2v) is 6.05. The maximum absolute atomic E-state index is 13.1. The van der Waals surface area contributed by atoms with E-state index in [1.165, 1.54) is 12.1 Å². The molecule has 120 valence electrons. The van der Waals surface area contributed by atoms with Gasteiger partial charge in [-0.05, 0) is 24.0 Å². The summed E-state index contributed by atoms with van der Waals surface area (Å²) in [4.78, 5) is 13.9. The van der Waals surface area contributed by atoms with Gasteiger partial charge in [-0.15, -0.1) is 0 Å². The number of carbonyl (C=O) groups excluding carboxylic acids is 1. The van der Waals surface area contributed by atoms with Crippen LogP contribution in [0.4, 0.5) is 13.2 Å². The highest BCUT2D eigenvalue weighted by Crippen LogP contribution is 2.41. The molecule has 6 heteroatoms. The molecule has 1 aromatic rings. The molecular weight excluding hydrogens is 295 g/mol. The second-order valence-electron chi connectivity index (χ2n) is 6.05. The Hall–Kier alpha value is -1.56. The van der Waals surface area contributed by atoms with E-state index in [0.717, 1.165) is 12.5 Å². The predicted molar refractivity (Wildman–Crippen MR) is 74.0 cm³/mol. The number of hydrogen-bond acceptors (Lipinski definition) is 2. The number of carbonyl (C=O) groups is 1. The summed E-state index contributed by atoms with van der Waals surface area (Å²) in [7, 11) is 0. The smallest absolute Gasteiger partial charge is 0.370 e. The highest BCUT2D eigenvalue weighted by atomic mass is 19.4. The minimum absolute atomic E-state index is 0.0385. The van der Waals surface area contributed by atoms with Gasteiger partial charge in [0.25, 0.3) is 0 Å². The van der Waals surface area contributed by atoms with Gasteiger partial charge in [0.05, 0.1) is 18.7 Å². The van der Waals surface area contributed by atoms with E-state index in [1.807, 2.05) is 6.92 Å².